The number of hydrogen-bond donors (Lipinski definition) is 1. The SMILES string of the molecule is O[C@@H](COCc1ccccc1)c1ccco1. The summed E-state index contributed by atoms with van der Waals surface area (Å²) < 4.78 is 10.5. The molecule has 2 aromatic rings. The maximum atomic E-state index is 9.67. The van der Waals surface area contributed by atoms with Gasteiger partial charge in [0.2, 0.25) is 0 Å². The van der Waals surface area contributed by atoms with Gasteiger partial charge in [0.05, 0.1) is 19.5 Å². The molecule has 0 aliphatic carbocycles. The second-order valence-corrected chi connectivity index (χ2v) is 3.53. The van der Waals surface area contributed by atoms with Gasteiger partial charge in [-0.15, -0.1) is 0 Å². The maximum absolute atomic E-state index is 9.67. The van der Waals surface area contributed by atoms with Gasteiger partial charge >= 0.3 is 0 Å². The predicted octanol–water partition coefficient (Wildman–Crippen LogP) is 2.53. The first kappa shape index (κ1) is 10.9. The number of aliphatic hydroxyl groups is 1. The van der Waals surface area contributed by atoms with Crippen LogP contribution >= 0.6 is 0 Å². The van der Waals surface area contributed by atoms with E-state index in [9.17, 15) is 5.11 Å². The second-order valence-electron chi connectivity index (χ2n) is 3.53. The zero-order chi connectivity index (χ0) is 11.2. The lowest BCUT2D eigenvalue weighted by molar-refractivity contribution is 0.0173. The van der Waals surface area contributed by atoms with Gasteiger partial charge in [0.15, 0.2) is 0 Å². The highest BCUT2D eigenvalue weighted by Gasteiger charge is 2.09. The molecule has 0 amide bonds. The van der Waals surface area contributed by atoms with Crippen molar-refractivity contribution in [3.8, 4) is 0 Å². The van der Waals surface area contributed by atoms with Crippen molar-refractivity contribution in [1.82, 2.24) is 0 Å². The van der Waals surface area contributed by atoms with E-state index in [4.69, 9.17) is 9.15 Å². The Balaban J connectivity index is 1.76. The van der Waals surface area contributed by atoms with Gasteiger partial charge in [0, 0.05) is 0 Å². The minimum atomic E-state index is -0.696. The van der Waals surface area contributed by atoms with Crippen LogP contribution in [-0.2, 0) is 11.3 Å². The molecule has 84 valence electrons. The molecule has 16 heavy (non-hydrogen) atoms. The minimum Gasteiger partial charge on any atom is -0.467 e. The molecule has 1 N–H and O–H groups in total. The lowest BCUT2D eigenvalue weighted by atomic mass is 10.2. The first-order chi connectivity index (χ1) is 7.86. The molecular weight excluding hydrogens is 204 g/mol. The topological polar surface area (TPSA) is 42.6 Å². The van der Waals surface area contributed by atoms with Crippen molar-refractivity contribution in [2.75, 3.05) is 6.61 Å². The smallest absolute Gasteiger partial charge is 0.135 e. The zero-order valence-electron chi connectivity index (χ0n) is 8.87. The van der Waals surface area contributed by atoms with E-state index in [0.29, 0.717) is 12.4 Å². The van der Waals surface area contributed by atoms with Crippen LogP contribution in [0.1, 0.15) is 17.4 Å². The average Bonchev–Trinajstić information content (AvgIpc) is 2.84. The summed E-state index contributed by atoms with van der Waals surface area (Å²) in [6.45, 7) is 0.737. The third-order valence-corrected chi connectivity index (χ3v) is 2.26. The van der Waals surface area contributed by atoms with Gasteiger partial charge in [0.25, 0.3) is 0 Å². The number of benzene rings is 1. The number of ether oxygens (including phenoxy) is 1. The zero-order valence-corrected chi connectivity index (χ0v) is 8.87. The molecule has 0 saturated heterocycles. The van der Waals surface area contributed by atoms with Crippen LogP contribution in [-0.4, -0.2) is 11.7 Å². The van der Waals surface area contributed by atoms with E-state index in [0.717, 1.165) is 5.56 Å². The Morgan fingerprint density at radius 2 is 1.94 bits per heavy atom. The largest absolute Gasteiger partial charge is 0.467 e. The van der Waals surface area contributed by atoms with Gasteiger partial charge in [-0.25, -0.2) is 0 Å². The molecule has 3 nitrogen and oxygen atoms in total. The summed E-state index contributed by atoms with van der Waals surface area (Å²) in [6, 6.07) is 13.3. The van der Waals surface area contributed by atoms with Crippen molar-refractivity contribution in [2.24, 2.45) is 0 Å². The standard InChI is InChI=1S/C13H14O3/c14-12(13-7-4-8-16-13)10-15-9-11-5-2-1-3-6-11/h1-8,12,14H,9-10H2/t12-/m0/s1. The Morgan fingerprint density at radius 3 is 2.62 bits per heavy atom. The molecule has 1 heterocycles. The molecule has 1 atom stereocenters. The van der Waals surface area contributed by atoms with Gasteiger partial charge in [-0.1, -0.05) is 30.3 Å². The van der Waals surface area contributed by atoms with Crippen LogP contribution in [0.3, 0.4) is 0 Å². The van der Waals surface area contributed by atoms with Crippen LogP contribution < -0.4 is 0 Å². The highest BCUT2D eigenvalue weighted by atomic mass is 16.5. The molecule has 0 aliphatic rings. The summed E-state index contributed by atoms with van der Waals surface area (Å²) >= 11 is 0. The van der Waals surface area contributed by atoms with Crippen LogP contribution in [0.2, 0.25) is 0 Å². The molecule has 3 heteroatoms. The van der Waals surface area contributed by atoms with E-state index in [2.05, 4.69) is 0 Å². The quantitative estimate of drug-likeness (QED) is 0.838. The van der Waals surface area contributed by atoms with Crippen molar-refractivity contribution in [1.29, 1.82) is 0 Å². The fourth-order valence-electron chi connectivity index (χ4n) is 1.43. The molecule has 0 saturated carbocycles. The molecule has 2 rings (SSSR count). The first-order valence-electron chi connectivity index (χ1n) is 5.19. The fraction of sp³-hybridized carbons (Fsp3) is 0.231. The third kappa shape index (κ3) is 2.95. The summed E-state index contributed by atoms with van der Waals surface area (Å²) in [4.78, 5) is 0. The first-order valence-corrected chi connectivity index (χ1v) is 5.19. The van der Waals surface area contributed by atoms with Crippen LogP contribution in [0.25, 0.3) is 0 Å². The number of furan rings is 1. The van der Waals surface area contributed by atoms with Crippen LogP contribution in [0.4, 0.5) is 0 Å². The van der Waals surface area contributed by atoms with E-state index in [-0.39, 0.29) is 6.61 Å². The Morgan fingerprint density at radius 1 is 1.12 bits per heavy atom. The highest BCUT2D eigenvalue weighted by molar-refractivity contribution is 5.13. The van der Waals surface area contributed by atoms with Gasteiger partial charge < -0.3 is 14.3 Å². The van der Waals surface area contributed by atoms with Crippen LogP contribution in [0.5, 0.6) is 0 Å². The fourth-order valence-corrected chi connectivity index (χ4v) is 1.43. The second kappa shape index (κ2) is 5.49. The molecule has 0 unspecified atom stereocenters. The lowest BCUT2D eigenvalue weighted by Crippen LogP contribution is -2.06. The Hall–Kier alpha value is -1.58. The minimum absolute atomic E-state index is 0.238. The molecule has 0 radical (unpaired) electrons. The molecule has 0 fully saturated rings. The monoisotopic (exact) mass is 218 g/mol. The summed E-state index contributed by atoms with van der Waals surface area (Å²) in [5, 5.41) is 9.67. The van der Waals surface area contributed by atoms with E-state index >= 15 is 0 Å². The Bertz CT molecular complexity index is 394. The van der Waals surface area contributed by atoms with Crippen molar-refractivity contribution in [2.45, 2.75) is 12.7 Å². The summed E-state index contributed by atoms with van der Waals surface area (Å²) in [7, 11) is 0. The molecular formula is C13H14O3. The van der Waals surface area contributed by atoms with Crippen LogP contribution in [0.15, 0.2) is 53.1 Å². The van der Waals surface area contributed by atoms with Gasteiger partial charge in [-0.3, -0.25) is 0 Å². The van der Waals surface area contributed by atoms with Crippen LogP contribution in [0, 0.1) is 0 Å². The molecule has 1 aromatic heterocycles. The number of hydrogen-bond acceptors (Lipinski definition) is 3. The van der Waals surface area contributed by atoms with Gasteiger partial charge in [0.1, 0.15) is 11.9 Å². The average molecular weight is 218 g/mol. The van der Waals surface area contributed by atoms with Crippen molar-refractivity contribution >= 4 is 0 Å². The van der Waals surface area contributed by atoms with Crippen molar-refractivity contribution < 1.29 is 14.3 Å². The van der Waals surface area contributed by atoms with Gasteiger partial charge in [-0.2, -0.15) is 0 Å². The van der Waals surface area contributed by atoms with Crippen molar-refractivity contribution in [3.63, 3.8) is 0 Å². The molecule has 0 aliphatic heterocycles. The third-order valence-electron chi connectivity index (χ3n) is 2.26. The Labute approximate surface area is 94.3 Å². The lowest BCUT2D eigenvalue weighted by Gasteiger charge is -2.08. The van der Waals surface area contributed by atoms with E-state index in [1.165, 1.54) is 6.26 Å². The Kier molecular flexibility index (Phi) is 3.75. The van der Waals surface area contributed by atoms with E-state index < -0.39 is 6.10 Å². The highest BCUT2D eigenvalue weighted by Crippen LogP contribution is 2.13. The number of rotatable bonds is 5. The summed E-state index contributed by atoms with van der Waals surface area (Å²) in [5.41, 5.74) is 1.09. The molecule has 0 bridgehead atoms. The van der Waals surface area contributed by atoms with E-state index in [1.807, 2.05) is 30.3 Å². The molecule has 0 spiro atoms. The predicted molar refractivity (Wildman–Crippen MR) is 59.8 cm³/mol. The summed E-state index contributed by atoms with van der Waals surface area (Å²) in [5.74, 6) is 0.535. The van der Waals surface area contributed by atoms with Gasteiger partial charge in [-0.05, 0) is 17.7 Å². The summed E-state index contributed by atoms with van der Waals surface area (Å²) in [6.07, 6.45) is 0.842. The van der Waals surface area contributed by atoms with E-state index in [1.54, 1.807) is 12.1 Å². The van der Waals surface area contributed by atoms with Crippen molar-refractivity contribution in [3.05, 3.63) is 60.1 Å². The number of aliphatic hydroxyl groups excluding tert-OH is 1. The molecule has 1 aromatic carbocycles. The maximum Gasteiger partial charge on any atom is 0.135 e. The normalized spacial score (nSPS) is 12.6.